The summed E-state index contributed by atoms with van der Waals surface area (Å²) < 4.78 is 20.8. The molecule has 0 aromatic carbocycles. The smallest absolute Gasteiger partial charge is 0.307 e. The molecule has 0 amide bonds. The van der Waals surface area contributed by atoms with E-state index in [-0.39, 0.29) is 5.97 Å². The van der Waals surface area contributed by atoms with Crippen LogP contribution in [0, 0.1) is 0 Å². The zero-order valence-corrected chi connectivity index (χ0v) is 13.2. The second-order valence-corrected chi connectivity index (χ2v) is 6.36. The third-order valence-electron chi connectivity index (χ3n) is 2.48. The van der Waals surface area contributed by atoms with Crippen molar-refractivity contribution in [1.29, 1.82) is 0 Å². The van der Waals surface area contributed by atoms with Crippen LogP contribution >= 0.6 is 10.9 Å². The van der Waals surface area contributed by atoms with Crippen LogP contribution in [0.15, 0.2) is 0 Å². The molecule has 0 aromatic heterocycles. The van der Waals surface area contributed by atoms with Gasteiger partial charge < -0.3 is 10.1 Å². The molecule has 0 aliphatic rings. The molecule has 0 aliphatic carbocycles. The molecular weight excluding hydrogens is 270 g/mol. The number of rotatable bonds is 12. The van der Waals surface area contributed by atoms with Gasteiger partial charge in [-0.1, -0.05) is 6.92 Å². The Kier molecular flexibility index (Phi) is 11.3. The Morgan fingerprint density at radius 3 is 2.26 bits per heavy atom. The normalized spacial score (nSPS) is 12.4. The third kappa shape index (κ3) is 8.43. The third-order valence-corrected chi connectivity index (χ3v) is 4.80. The Balaban J connectivity index is 3.56. The van der Waals surface area contributed by atoms with Crippen LogP contribution in [0.4, 0.5) is 0 Å². The fourth-order valence-corrected chi connectivity index (χ4v) is 2.84. The van der Waals surface area contributed by atoms with E-state index in [0.29, 0.717) is 25.3 Å². The largest absolute Gasteiger partial charge is 0.466 e. The highest BCUT2D eigenvalue weighted by atomic mass is 32.3. The molecule has 0 bridgehead atoms. The summed E-state index contributed by atoms with van der Waals surface area (Å²) in [5.41, 5.74) is 0. The van der Waals surface area contributed by atoms with Gasteiger partial charge in [0.2, 0.25) is 0 Å². The summed E-state index contributed by atoms with van der Waals surface area (Å²) in [5.74, 6) is 0.545. The monoisotopic (exact) mass is 297 g/mol. The number of hydrogen-bond donors (Lipinski definition) is 1. The minimum absolute atomic E-state index is 0.153. The van der Waals surface area contributed by atoms with Gasteiger partial charge in [0, 0.05) is 12.3 Å². The quantitative estimate of drug-likeness (QED) is 0.438. The maximum absolute atomic E-state index is 11.2. The van der Waals surface area contributed by atoms with Gasteiger partial charge in [-0.3, -0.25) is 17.3 Å². The Bertz CT molecular complexity index is 228. The van der Waals surface area contributed by atoms with Gasteiger partial charge >= 0.3 is 5.97 Å². The molecule has 0 heterocycles. The summed E-state index contributed by atoms with van der Waals surface area (Å²) in [6.07, 6.45) is 2.11. The number of ether oxygens (including phenoxy) is 1. The highest BCUT2D eigenvalue weighted by Crippen LogP contribution is 2.49. The molecule has 0 rings (SSSR count). The predicted octanol–water partition coefficient (Wildman–Crippen LogP) is 1.80. The molecule has 0 fully saturated rings. The zero-order valence-electron chi connectivity index (χ0n) is 12.4. The lowest BCUT2D eigenvalue weighted by Gasteiger charge is -2.33. The average Bonchev–Trinajstić information content (AvgIpc) is 2.45. The van der Waals surface area contributed by atoms with Crippen molar-refractivity contribution in [3.63, 3.8) is 0 Å². The van der Waals surface area contributed by atoms with Crippen LogP contribution in [0.1, 0.15) is 26.2 Å². The van der Waals surface area contributed by atoms with Crippen LogP contribution in [-0.2, 0) is 22.1 Å². The minimum atomic E-state index is -1.86. The maximum Gasteiger partial charge on any atom is 0.307 e. The molecule has 0 saturated heterocycles. The van der Waals surface area contributed by atoms with Gasteiger partial charge in [0.25, 0.3) is 0 Å². The van der Waals surface area contributed by atoms with E-state index in [2.05, 4.69) is 5.32 Å². The standard InChI is InChI=1S/C12H27NO5S/c1-5-10-18-12(14)7-9-13-8-6-11-19(15-2,16-3)17-4/h13H,5-11H2,1-4H3. The molecule has 0 spiro atoms. The first kappa shape index (κ1) is 18.7. The fourth-order valence-electron chi connectivity index (χ4n) is 1.43. The molecule has 0 unspecified atom stereocenters. The number of nitrogens with one attached hydrogen (secondary N) is 1. The number of esters is 1. The van der Waals surface area contributed by atoms with Crippen LogP contribution in [0.2, 0.25) is 0 Å². The lowest BCUT2D eigenvalue weighted by Crippen LogP contribution is -2.22. The van der Waals surface area contributed by atoms with Crippen LogP contribution in [0.25, 0.3) is 0 Å². The maximum atomic E-state index is 11.2. The van der Waals surface area contributed by atoms with Crippen molar-refractivity contribution < 1.29 is 22.1 Å². The lowest BCUT2D eigenvalue weighted by atomic mass is 10.4. The van der Waals surface area contributed by atoms with Gasteiger partial charge in [0.05, 0.1) is 45.2 Å². The van der Waals surface area contributed by atoms with Gasteiger partial charge in [-0.15, -0.1) is 0 Å². The highest BCUT2D eigenvalue weighted by molar-refractivity contribution is 8.21. The first-order valence-electron chi connectivity index (χ1n) is 6.48. The molecule has 0 radical (unpaired) electrons. The fraction of sp³-hybridized carbons (Fsp3) is 0.917. The number of hydrogen-bond acceptors (Lipinski definition) is 6. The van der Waals surface area contributed by atoms with E-state index in [0.717, 1.165) is 19.4 Å². The van der Waals surface area contributed by atoms with Gasteiger partial charge in [-0.05, 0) is 19.4 Å². The molecule has 0 saturated carbocycles. The topological polar surface area (TPSA) is 66.0 Å². The van der Waals surface area contributed by atoms with E-state index < -0.39 is 10.9 Å². The Morgan fingerprint density at radius 1 is 1.11 bits per heavy atom. The predicted molar refractivity (Wildman–Crippen MR) is 76.8 cm³/mol. The van der Waals surface area contributed by atoms with Crippen molar-refractivity contribution in [2.75, 3.05) is 46.8 Å². The van der Waals surface area contributed by atoms with Gasteiger partial charge in [-0.25, -0.2) is 0 Å². The summed E-state index contributed by atoms with van der Waals surface area (Å²) in [4.78, 5) is 11.2. The van der Waals surface area contributed by atoms with Gasteiger partial charge in [0.1, 0.15) is 0 Å². The Morgan fingerprint density at radius 2 is 1.74 bits per heavy atom. The van der Waals surface area contributed by atoms with Crippen molar-refractivity contribution >= 4 is 16.8 Å². The van der Waals surface area contributed by atoms with Crippen LogP contribution in [0.3, 0.4) is 0 Å². The summed E-state index contributed by atoms with van der Waals surface area (Å²) in [5, 5.41) is 3.18. The molecule has 0 atom stereocenters. The molecular formula is C12H27NO5S. The van der Waals surface area contributed by atoms with E-state index >= 15 is 0 Å². The molecule has 6 nitrogen and oxygen atoms in total. The summed E-state index contributed by atoms with van der Waals surface area (Å²) in [7, 11) is 2.89. The first-order chi connectivity index (χ1) is 9.14. The second kappa shape index (κ2) is 11.5. The lowest BCUT2D eigenvalue weighted by molar-refractivity contribution is -0.143. The molecule has 7 heteroatoms. The summed E-state index contributed by atoms with van der Waals surface area (Å²) in [6, 6.07) is 0. The Hall–Kier alpha value is -0.340. The van der Waals surface area contributed by atoms with Crippen molar-refractivity contribution in [2.24, 2.45) is 0 Å². The molecule has 0 aliphatic heterocycles. The number of carbonyl (C=O) groups excluding carboxylic acids is 1. The first-order valence-corrected chi connectivity index (χ1v) is 8.06. The van der Waals surface area contributed by atoms with Crippen LogP contribution < -0.4 is 5.32 Å². The highest BCUT2D eigenvalue weighted by Gasteiger charge is 2.21. The van der Waals surface area contributed by atoms with Gasteiger partial charge in [-0.2, -0.15) is 0 Å². The Labute approximate surface area is 118 Å². The molecule has 116 valence electrons. The van der Waals surface area contributed by atoms with Crippen molar-refractivity contribution in [3.8, 4) is 0 Å². The van der Waals surface area contributed by atoms with E-state index in [4.69, 9.17) is 17.3 Å². The van der Waals surface area contributed by atoms with Crippen LogP contribution in [-0.4, -0.2) is 52.7 Å². The van der Waals surface area contributed by atoms with E-state index in [9.17, 15) is 4.79 Å². The van der Waals surface area contributed by atoms with Crippen molar-refractivity contribution in [3.05, 3.63) is 0 Å². The second-order valence-electron chi connectivity index (χ2n) is 3.84. The molecule has 0 aromatic rings. The van der Waals surface area contributed by atoms with Crippen LogP contribution in [0.5, 0.6) is 0 Å². The minimum Gasteiger partial charge on any atom is -0.466 e. The number of carbonyl (C=O) groups is 1. The molecule has 1 N–H and O–H groups in total. The van der Waals surface area contributed by atoms with Crippen molar-refractivity contribution in [2.45, 2.75) is 26.2 Å². The summed E-state index contributed by atoms with van der Waals surface area (Å²) in [6.45, 7) is 3.88. The SMILES string of the molecule is CCCOC(=O)CCNCCCS(OC)(OC)OC. The average molecular weight is 297 g/mol. The van der Waals surface area contributed by atoms with Gasteiger partial charge in [0.15, 0.2) is 0 Å². The van der Waals surface area contributed by atoms with E-state index in [1.165, 1.54) is 0 Å². The summed E-state index contributed by atoms with van der Waals surface area (Å²) >= 11 is 0. The van der Waals surface area contributed by atoms with E-state index in [1.54, 1.807) is 21.3 Å². The van der Waals surface area contributed by atoms with Crippen molar-refractivity contribution in [1.82, 2.24) is 5.32 Å². The molecule has 19 heavy (non-hydrogen) atoms. The van der Waals surface area contributed by atoms with E-state index in [1.807, 2.05) is 6.92 Å². The zero-order chi connectivity index (χ0) is 14.6.